The zero-order valence-corrected chi connectivity index (χ0v) is 13.3. The van der Waals surface area contributed by atoms with Gasteiger partial charge in [-0.15, -0.1) is 0 Å². The molecule has 1 atom stereocenters. The first-order chi connectivity index (χ1) is 9.74. The number of sulfonamides is 1. The summed E-state index contributed by atoms with van der Waals surface area (Å²) < 4.78 is 22.2. The number of carbonyl (C=O) groups excluding carboxylic acids is 1. The van der Waals surface area contributed by atoms with Gasteiger partial charge in [-0.25, -0.2) is 13.6 Å². The van der Waals surface area contributed by atoms with Crippen molar-refractivity contribution in [1.82, 2.24) is 4.90 Å². The Morgan fingerprint density at radius 3 is 2.67 bits per heavy atom. The Bertz CT molecular complexity index is 640. The molecule has 0 spiro atoms. The van der Waals surface area contributed by atoms with Gasteiger partial charge in [0.2, 0.25) is 15.9 Å². The van der Waals surface area contributed by atoms with Crippen molar-refractivity contribution in [1.29, 1.82) is 0 Å². The summed E-state index contributed by atoms with van der Waals surface area (Å²) in [6, 6.07) is 6.29. The maximum absolute atomic E-state index is 11.9. The lowest BCUT2D eigenvalue weighted by Gasteiger charge is -2.17. The molecule has 2 N–H and O–H groups in total. The summed E-state index contributed by atoms with van der Waals surface area (Å²) in [6.45, 7) is 5.24. The van der Waals surface area contributed by atoms with E-state index < -0.39 is 10.0 Å². The molecular formula is C15H22N2O3S. The van der Waals surface area contributed by atoms with Gasteiger partial charge in [0, 0.05) is 25.4 Å². The van der Waals surface area contributed by atoms with Gasteiger partial charge >= 0.3 is 0 Å². The van der Waals surface area contributed by atoms with Gasteiger partial charge in [0.05, 0.1) is 5.75 Å². The van der Waals surface area contributed by atoms with Crippen molar-refractivity contribution >= 4 is 15.9 Å². The number of benzene rings is 1. The van der Waals surface area contributed by atoms with Crippen LogP contribution in [0.25, 0.3) is 0 Å². The molecule has 1 aromatic rings. The van der Waals surface area contributed by atoms with Crippen LogP contribution in [0.3, 0.4) is 0 Å². The molecule has 1 aliphatic rings. The van der Waals surface area contributed by atoms with Gasteiger partial charge in [-0.1, -0.05) is 23.8 Å². The van der Waals surface area contributed by atoms with E-state index in [1.54, 1.807) is 4.90 Å². The number of nitrogens with two attached hydrogens (primary N) is 1. The maximum Gasteiger partial charge on any atom is 0.222 e. The van der Waals surface area contributed by atoms with Crippen LogP contribution in [0.5, 0.6) is 0 Å². The van der Waals surface area contributed by atoms with Crippen LogP contribution in [0.1, 0.15) is 23.1 Å². The number of aryl methyl sites for hydroxylation is 2. The van der Waals surface area contributed by atoms with Gasteiger partial charge in [0.1, 0.15) is 0 Å². The molecule has 6 heteroatoms. The number of rotatable bonds is 5. The van der Waals surface area contributed by atoms with Crippen molar-refractivity contribution in [2.45, 2.75) is 26.7 Å². The summed E-state index contributed by atoms with van der Waals surface area (Å²) in [4.78, 5) is 13.7. The number of primary sulfonamides is 1. The molecule has 0 bridgehead atoms. The average Bonchev–Trinajstić information content (AvgIpc) is 2.66. The van der Waals surface area contributed by atoms with E-state index in [9.17, 15) is 13.2 Å². The van der Waals surface area contributed by atoms with Gasteiger partial charge in [-0.3, -0.25) is 4.79 Å². The predicted molar refractivity (Wildman–Crippen MR) is 82.3 cm³/mol. The van der Waals surface area contributed by atoms with Crippen LogP contribution < -0.4 is 5.14 Å². The number of hydrogen-bond acceptors (Lipinski definition) is 3. The number of amides is 1. The van der Waals surface area contributed by atoms with E-state index in [0.29, 0.717) is 13.1 Å². The smallest absolute Gasteiger partial charge is 0.222 e. The van der Waals surface area contributed by atoms with Crippen LogP contribution in [0, 0.1) is 19.8 Å². The minimum Gasteiger partial charge on any atom is -0.342 e. The highest BCUT2D eigenvalue weighted by Gasteiger charge is 2.31. The largest absolute Gasteiger partial charge is 0.342 e. The standard InChI is InChI=1S/C15H22N2O3S/c1-11-3-4-14(12(2)7-11)5-6-17-9-13(8-15(17)18)10-21(16,19)20/h3-4,7,13H,5-6,8-10H2,1-2H3,(H2,16,19,20). The molecule has 0 aliphatic carbocycles. The zero-order valence-electron chi connectivity index (χ0n) is 12.5. The normalized spacial score (nSPS) is 19.3. The monoisotopic (exact) mass is 310 g/mol. The summed E-state index contributed by atoms with van der Waals surface area (Å²) in [5.74, 6) is -0.265. The van der Waals surface area contributed by atoms with Crippen molar-refractivity contribution in [3.05, 3.63) is 34.9 Å². The van der Waals surface area contributed by atoms with Crippen molar-refractivity contribution in [2.24, 2.45) is 11.1 Å². The quantitative estimate of drug-likeness (QED) is 0.880. The highest BCUT2D eigenvalue weighted by atomic mass is 32.2. The van der Waals surface area contributed by atoms with Crippen molar-refractivity contribution < 1.29 is 13.2 Å². The van der Waals surface area contributed by atoms with Crippen LogP contribution in [-0.4, -0.2) is 38.1 Å². The summed E-state index contributed by atoms with van der Waals surface area (Å²) in [5.41, 5.74) is 3.67. The van der Waals surface area contributed by atoms with E-state index in [-0.39, 0.29) is 24.0 Å². The molecule has 116 valence electrons. The number of likely N-dealkylation sites (tertiary alicyclic amines) is 1. The summed E-state index contributed by atoms with van der Waals surface area (Å²) >= 11 is 0. The molecule has 1 amide bonds. The molecule has 1 unspecified atom stereocenters. The zero-order chi connectivity index (χ0) is 15.6. The Kier molecular flexibility index (Phi) is 4.68. The molecular weight excluding hydrogens is 288 g/mol. The second-order valence-electron chi connectivity index (χ2n) is 5.92. The Hall–Kier alpha value is -1.40. The third-order valence-electron chi connectivity index (χ3n) is 3.91. The first-order valence-corrected chi connectivity index (χ1v) is 8.80. The van der Waals surface area contributed by atoms with E-state index >= 15 is 0 Å². The van der Waals surface area contributed by atoms with Gasteiger partial charge < -0.3 is 4.90 Å². The minimum absolute atomic E-state index is 0.0217. The summed E-state index contributed by atoms with van der Waals surface area (Å²) in [7, 11) is -3.51. The lowest BCUT2D eigenvalue weighted by molar-refractivity contribution is -0.127. The molecule has 0 aromatic heterocycles. The maximum atomic E-state index is 11.9. The van der Waals surface area contributed by atoms with Crippen molar-refractivity contribution in [3.63, 3.8) is 0 Å². The molecule has 1 aromatic carbocycles. The molecule has 1 fully saturated rings. The van der Waals surface area contributed by atoms with Gasteiger partial charge in [-0.2, -0.15) is 0 Å². The predicted octanol–water partition coefficient (Wildman–Crippen LogP) is 0.983. The number of carbonyl (C=O) groups is 1. The van der Waals surface area contributed by atoms with Crippen molar-refractivity contribution in [2.75, 3.05) is 18.8 Å². The topological polar surface area (TPSA) is 80.5 Å². The van der Waals surface area contributed by atoms with E-state index in [1.165, 1.54) is 16.7 Å². The number of hydrogen-bond donors (Lipinski definition) is 1. The highest BCUT2D eigenvalue weighted by Crippen LogP contribution is 2.20. The molecule has 0 saturated carbocycles. The van der Waals surface area contributed by atoms with Gasteiger partial charge in [-0.05, 0) is 31.4 Å². The molecule has 0 radical (unpaired) electrons. The van der Waals surface area contributed by atoms with Gasteiger partial charge in [0.25, 0.3) is 0 Å². The van der Waals surface area contributed by atoms with E-state index in [1.807, 2.05) is 0 Å². The number of nitrogens with zero attached hydrogens (tertiary/aromatic N) is 1. The fourth-order valence-corrected chi connectivity index (χ4v) is 3.77. The Morgan fingerprint density at radius 2 is 2.05 bits per heavy atom. The Balaban J connectivity index is 1.93. The molecule has 5 nitrogen and oxygen atoms in total. The fourth-order valence-electron chi connectivity index (χ4n) is 2.89. The Labute approximate surface area is 126 Å². The van der Waals surface area contributed by atoms with E-state index in [4.69, 9.17) is 5.14 Å². The summed E-state index contributed by atoms with van der Waals surface area (Å²) in [5, 5.41) is 5.05. The highest BCUT2D eigenvalue weighted by molar-refractivity contribution is 7.89. The van der Waals surface area contributed by atoms with Crippen LogP contribution in [-0.2, 0) is 21.2 Å². The van der Waals surface area contributed by atoms with E-state index in [0.717, 1.165) is 6.42 Å². The second kappa shape index (κ2) is 6.15. The van der Waals surface area contributed by atoms with Crippen LogP contribution in [0.2, 0.25) is 0 Å². The molecule has 1 aliphatic heterocycles. The first-order valence-electron chi connectivity index (χ1n) is 7.09. The third kappa shape index (κ3) is 4.54. The molecule has 2 rings (SSSR count). The Morgan fingerprint density at radius 1 is 1.33 bits per heavy atom. The van der Waals surface area contributed by atoms with Crippen molar-refractivity contribution in [3.8, 4) is 0 Å². The molecule has 1 saturated heterocycles. The molecule has 21 heavy (non-hydrogen) atoms. The lowest BCUT2D eigenvalue weighted by atomic mass is 10.0. The van der Waals surface area contributed by atoms with Crippen LogP contribution in [0.15, 0.2) is 18.2 Å². The fraction of sp³-hybridized carbons (Fsp3) is 0.533. The van der Waals surface area contributed by atoms with Crippen LogP contribution >= 0.6 is 0 Å². The van der Waals surface area contributed by atoms with E-state index in [2.05, 4.69) is 32.0 Å². The lowest BCUT2D eigenvalue weighted by Crippen LogP contribution is -2.29. The molecule has 1 heterocycles. The van der Waals surface area contributed by atoms with Crippen LogP contribution in [0.4, 0.5) is 0 Å². The SMILES string of the molecule is Cc1ccc(CCN2CC(CS(N)(=O)=O)CC2=O)c(C)c1. The second-order valence-corrected chi connectivity index (χ2v) is 7.58. The van der Waals surface area contributed by atoms with Gasteiger partial charge in [0.15, 0.2) is 0 Å². The minimum atomic E-state index is -3.51. The third-order valence-corrected chi connectivity index (χ3v) is 4.85. The summed E-state index contributed by atoms with van der Waals surface area (Å²) in [6.07, 6.45) is 1.07. The first kappa shape index (κ1) is 16.0. The average molecular weight is 310 g/mol.